The van der Waals surface area contributed by atoms with Crippen molar-refractivity contribution in [2.45, 2.75) is 57.0 Å². The van der Waals surface area contributed by atoms with Gasteiger partial charge in [-0.15, -0.1) is 8.78 Å². The largest absolute Gasteiger partial charge is 0.586 e. The van der Waals surface area contributed by atoms with Gasteiger partial charge in [-0.3, -0.25) is 9.48 Å². The van der Waals surface area contributed by atoms with Gasteiger partial charge >= 0.3 is 12.2 Å². The van der Waals surface area contributed by atoms with Crippen LogP contribution in [0.5, 0.6) is 11.5 Å². The number of aliphatic hydroxyl groups is 1. The number of sulfone groups is 1. The molecule has 0 unspecified atom stereocenters. The fourth-order valence-electron chi connectivity index (χ4n) is 5.71. The van der Waals surface area contributed by atoms with Crippen molar-refractivity contribution in [3.63, 3.8) is 0 Å². The summed E-state index contributed by atoms with van der Waals surface area (Å²) in [5, 5.41) is 15.9. The van der Waals surface area contributed by atoms with Gasteiger partial charge in [0.25, 0.3) is 5.91 Å². The number of carbonyl (C=O) groups is 1. The molecule has 1 aliphatic heterocycles. The molecule has 0 radical (unpaired) electrons. The predicted molar refractivity (Wildman–Crippen MR) is 177 cm³/mol. The quantitative estimate of drug-likeness (QED) is 0.165. The van der Waals surface area contributed by atoms with E-state index in [0.717, 1.165) is 23.1 Å². The Morgan fingerprint density at radius 2 is 1.63 bits per heavy atom. The third-order valence-corrected chi connectivity index (χ3v) is 9.13. The van der Waals surface area contributed by atoms with Crippen molar-refractivity contribution in [3.05, 3.63) is 77.6 Å². The lowest BCUT2D eigenvalue weighted by atomic mass is 9.93. The minimum Gasteiger partial charge on any atom is -0.440 e. The van der Waals surface area contributed by atoms with Crippen LogP contribution in [0.3, 0.4) is 0 Å². The first-order chi connectivity index (χ1) is 24.1. The molecule has 0 saturated carbocycles. The smallest absolute Gasteiger partial charge is 0.440 e. The molecule has 2 N–H and O–H groups in total. The van der Waals surface area contributed by atoms with Gasteiger partial charge in [0.2, 0.25) is 0 Å². The second kappa shape index (κ2) is 12.4. The van der Waals surface area contributed by atoms with Crippen molar-refractivity contribution in [2.24, 2.45) is 7.05 Å². The van der Waals surface area contributed by atoms with Gasteiger partial charge in [0.05, 0.1) is 17.2 Å². The lowest BCUT2D eigenvalue weighted by Crippen LogP contribution is -2.47. The standard InChI is InChI=1S/C35H31F5N4O7S/c1-17-41-30(19-8-10-26-27(13-19)51-35(39,40)50-26)31(49-17)22-11-18(20-12-24(36)23(16-45)28(14-20)52(6,47)48)7-9-21(22)25-15-29(43-44(25)5)34(37,38)32(46)42-33(2,3)4/h7-15,45H,16H2,1-6H3,(H,42,46). The van der Waals surface area contributed by atoms with Gasteiger partial charge in [-0.1, -0.05) is 12.1 Å². The molecule has 0 spiro atoms. The minimum atomic E-state index is -4.06. The van der Waals surface area contributed by atoms with Crippen LogP contribution >= 0.6 is 0 Å². The molecule has 0 bridgehead atoms. The van der Waals surface area contributed by atoms with E-state index in [9.17, 15) is 27.1 Å². The molecule has 3 heterocycles. The maximum Gasteiger partial charge on any atom is 0.586 e. The Labute approximate surface area is 293 Å². The number of halogens is 5. The zero-order valence-electron chi connectivity index (χ0n) is 28.4. The predicted octanol–water partition coefficient (Wildman–Crippen LogP) is 6.75. The summed E-state index contributed by atoms with van der Waals surface area (Å²) >= 11 is 0. The molecule has 0 fully saturated rings. The molecule has 2 aromatic heterocycles. The first-order valence-corrected chi connectivity index (χ1v) is 17.4. The topological polar surface area (TPSA) is 146 Å². The van der Waals surface area contributed by atoms with Crippen LogP contribution < -0.4 is 14.8 Å². The van der Waals surface area contributed by atoms with Gasteiger partial charge in [-0.05, 0) is 74.4 Å². The highest BCUT2D eigenvalue weighted by atomic mass is 32.2. The summed E-state index contributed by atoms with van der Waals surface area (Å²) in [6.07, 6.45) is -3.04. The molecular formula is C35H31F5N4O7S. The number of benzene rings is 3. The average molecular weight is 747 g/mol. The van der Waals surface area contributed by atoms with E-state index >= 15 is 13.2 Å². The SMILES string of the molecule is Cc1nc(-c2ccc3c(c2)OC(F)(F)O3)c(-c2cc(-c3cc(F)c(CO)c(S(C)(=O)=O)c3)ccc2-c2cc(C(F)(F)C(=O)NC(C)(C)C)nn2C)o1. The van der Waals surface area contributed by atoms with E-state index in [-0.39, 0.29) is 62.4 Å². The van der Waals surface area contributed by atoms with E-state index < -0.39 is 62.1 Å². The zero-order chi connectivity index (χ0) is 38.1. The van der Waals surface area contributed by atoms with Crippen LogP contribution in [0.4, 0.5) is 22.0 Å². The number of fused-ring (bicyclic) bond motifs is 1. The molecule has 5 aromatic rings. The molecule has 0 saturated heterocycles. The first-order valence-electron chi connectivity index (χ1n) is 15.5. The van der Waals surface area contributed by atoms with E-state index in [1.807, 2.05) is 0 Å². The molecular weight excluding hydrogens is 715 g/mol. The van der Waals surface area contributed by atoms with E-state index in [1.54, 1.807) is 20.8 Å². The summed E-state index contributed by atoms with van der Waals surface area (Å²) in [5.41, 5.74) is -1.20. The van der Waals surface area contributed by atoms with Crippen LogP contribution in [-0.2, 0) is 34.2 Å². The van der Waals surface area contributed by atoms with Crippen molar-refractivity contribution in [3.8, 4) is 56.5 Å². The van der Waals surface area contributed by atoms with E-state index in [1.165, 1.54) is 56.4 Å². The van der Waals surface area contributed by atoms with Crippen LogP contribution in [0.25, 0.3) is 45.0 Å². The van der Waals surface area contributed by atoms with Gasteiger partial charge in [0.15, 0.2) is 33.0 Å². The second-order valence-corrected chi connectivity index (χ2v) is 15.2. The number of aryl methyl sites for hydroxylation is 2. The molecule has 11 nitrogen and oxygen atoms in total. The van der Waals surface area contributed by atoms with Gasteiger partial charge in [-0.2, -0.15) is 13.9 Å². The molecule has 17 heteroatoms. The number of oxazole rings is 1. The molecule has 274 valence electrons. The fraction of sp³-hybridized carbons (Fsp3) is 0.286. The van der Waals surface area contributed by atoms with E-state index in [4.69, 9.17) is 4.42 Å². The van der Waals surface area contributed by atoms with Crippen molar-refractivity contribution in [1.29, 1.82) is 0 Å². The number of aliphatic hydroxyl groups excluding tert-OH is 1. The van der Waals surface area contributed by atoms with Crippen molar-refractivity contribution >= 4 is 15.7 Å². The van der Waals surface area contributed by atoms with Crippen molar-refractivity contribution in [2.75, 3.05) is 6.26 Å². The fourth-order valence-corrected chi connectivity index (χ4v) is 6.66. The Kier molecular flexibility index (Phi) is 8.73. The van der Waals surface area contributed by atoms with Gasteiger partial charge < -0.3 is 24.3 Å². The molecule has 6 rings (SSSR count). The highest BCUT2D eigenvalue weighted by Gasteiger charge is 2.46. The Bertz CT molecular complexity index is 2370. The lowest BCUT2D eigenvalue weighted by molar-refractivity contribution is -0.286. The number of carbonyl (C=O) groups excluding carboxylic acids is 1. The van der Waals surface area contributed by atoms with Gasteiger partial charge in [-0.25, -0.2) is 17.8 Å². The highest BCUT2D eigenvalue weighted by molar-refractivity contribution is 7.90. The normalized spacial score (nSPS) is 14.2. The zero-order valence-corrected chi connectivity index (χ0v) is 29.3. The summed E-state index contributed by atoms with van der Waals surface area (Å²) in [6.45, 7) is 5.26. The van der Waals surface area contributed by atoms with E-state index in [0.29, 0.717) is 0 Å². The number of nitrogens with zero attached hydrogens (tertiary/aromatic N) is 3. The molecule has 0 atom stereocenters. The number of amides is 1. The Morgan fingerprint density at radius 1 is 0.962 bits per heavy atom. The summed E-state index contributed by atoms with van der Waals surface area (Å²) < 4.78 is 115. The van der Waals surface area contributed by atoms with Crippen LogP contribution in [0.1, 0.15) is 37.9 Å². The first kappa shape index (κ1) is 36.5. The number of hydrogen-bond acceptors (Lipinski definition) is 9. The number of aromatic nitrogens is 3. The summed E-state index contributed by atoms with van der Waals surface area (Å²) in [4.78, 5) is 16.6. The van der Waals surface area contributed by atoms with Crippen LogP contribution in [0.2, 0.25) is 0 Å². The summed E-state index contributed by atoms with van der Waals surface area (Å²) in [6, 6.07) is 11.6. The van der Waals surface area contributed by atoms with Crippen molar-refractivity contribution in [1.82, 2.24) is 20.1 Å². The third-order valence-electron chi connectivity index (χ3n) is 7.97. The monoisotopic (exact) mass is 746 g/mol. The molecule has 0 aliphatic carbocycles. The highest BCUT2D eigenvalue weighted by Crippen LogP contribution is 2.46. The maximum absolute atomic E-state index is 15.5. The number of alkyl halides is 4. The molecule has 1 amide bonds. The van der Waals surface area contributed by atoms with Crippen LogP contribution in [-0.4, -0.2) is 52.3 Å². The Balaban J connectivity index is 1.57. The molecule has 3 aromatic carbocycles. The minimum absolute atomic E-state index is 0.00995. The lowest BCUT2D eigenvalue weighted by Gasteiger charge is -2.23. The number of hydrogen-bond donors (Lipinski definition) is 2. The van der Waals surface area contributed by atoms with Crippen molar-refractivity contribution < 1.29 is 54.2 Å². The maximum atomic E-state index is 15.5. The number of nitrogens with one attached hydrogen (secondary N) is 1. The Morgan fingerprint density at radius 3 is 2.29 bits per heavy atom. The van der Waals surface area contributed by atoms with Crippen LogP contribution in [0.15, 0.2) is 63.9 Å². The third kappa shape index (κ3) is 6.85. The van der Waals surface area contributed by atoms with Gasteiger partial charge in [0, 0.05) is 48.0 Å². The van der Waals surface area contributed by atoms with E-state index in [2.05, 4.69) is 24.9 Å². The number of rotatable bonds is 8. The van der Waals surface area contributed by atoms with Gasteiger partial charge in [0.1, 0.15) is 17.2 Å². The Hall–Kier alpha value is -5.29. The van der Waals surface area contributed by atoms with Crippen LogP contribution in [0, 0.1) is 12.7 Å². The molecule has 52 heavy (non-hydrogen) atoms. The second-order valence-electron chi connectivity index (χ2n) is 13.2. The average Bonchev–Trinajstić information content (AvgIpc) is 3.71. The summed E-state index contributed by atoms with van der Waals surface area (Å²) in [5.74, 6) is -7.02. The number of ether oxygens (including phenoxy) is 2. The summed E-state index contributed by atoms with van der Waals surface area (Å²) in [7, 11) is -2.64. The molecule has 1 aliphatic rings.